The fourth-order valence-corrected chi connectivity index (χ4v) is 1.05. The number of nitrogens with zero attached hydrogens (tertiary/aromatic N) is 2. The normalized spacial score (nSPS) is 10.1. The first-order valence-electron chi connectivity index (χ1n) is 5.12. The third-order valence-electron chi connectivity index (χ3n) is 1.96. The van der Waals surface area contributed by atoms with Crippen molar-refractivity contribution in [1.82, 2.24) is 10.3 Å². The zero-order chi connectivity index (χ0) is 13.4. The third-order valence-corrected chi connectivity index (χ3v) is 1.96. The lowest BCUT2D eigenvalue weighted by Gasteiger charge is -2.05. The number of pyridine rings is 1. The average Bonchev–Trinajstić information content (AvgIpc) is 2.38. The van der Waals surface area contributed by atoms with Gasteiger partial charge in [-0.05, 0) is 6.07 Å². The van der Waals surface area contributed by atoms with Gasteiger partial charge in [0, 0.05) is 19.7 Å². The summed E-state index contributed by atoms with van der Waals surface area (Å²) in [5.41, 5.74) is -0.154. The molecule has 0 saturated carbocycles. The second-order valence-corrected chi connectivity index (χ2v) is 3.23. The van der Waals surface area contributed by atoms with Crippen molar-refractivity contribution >= 4 is 11.7 Å². The van der Waals surface area contributed by atoms with Crippen LogP contribution in [0.5, 0.6) is 0 Å². The van der Waals surface area contributed by atoms with Crippen molar-refractivity contribution in [3.05, 3.63) is 34.1 Å². The summed E-state index contributed by atoms with van der Waals surface area (Å²) in [5, 5.41) is 13.2. The van der Waals surface area contributed by atoms with E-state index >= 15 is 0 Å². The van der Waals surface area contributed by atoms with E-state index in [1.165, 1.54) is 12.1 Å². The number of carbonyl (C=O) groups is 1. The fourth-order valence-electron chi connectivity index (χ4n) is 1.05. The predicted molar refractivity (Wildman–Crippen MR) is 61.1 cm³/mol. The Morgan fingerprint density at radius 2 is 2.33 bits per heavy atom. The van der Waals surface area contributed by atoms with Crippen LogP contribution >= 0.6 is 0 Å². The molecular formula is C10H13N3O5. The molecular weight excluding hydrogens is 242 g/mol. The van der Waals surface area contributed by atoms with Gasteiger partial charge >= 0.3 is 5.97 Å². The molecule has 8 nitrogen and oxygen atoms in total. The van der Waals surface area contributed by atoms with E-state index in [0.717, 1.165) is 6.20 Å². The Hall–Kier alpha value is -2.06. The molecule has 0 aliphatic rings. The molecule has 0 aliphatic heterocycles. The van der Waals surface area contributed by atoms with Crippen LogP contribution in [0.4, 0.5) is 5.69 Å². The lowest BCUT2D eigenvalue weighted by Crippen LogP contribution is -2.24. The molecule has 0 fully saturated rings. The van der Waals surface area contributed by atoms with Crippen molar-refractivity contribution in [3.63, 3.8) is 0 Å². The van der Waals surface area contributed by atoms with Crippen LogP contribution in [0.2, 0.25) is 0 Å². The van der Waals surface area contributed by atoms with Crippen molar-refractivity contribution in [2.75, 3.05) is 27.0 Å². The highest BCUT2D eigenvalue weighted by Gasteiger charge is 2.11. The van der Waals surface area contributed by atoms with E-state index in [4.69, 9.17) is 9.47 Å². The molecule has 0 atom stereocenters. The lowest BCUT2D eigenvalue weighted by molar-refractivity contribution is -0.385. The maximum absolute atomic E-state index is 11.4. The van der Waals surface area contributed by atoms with Crippen molar-refractivity contribution in [3.8, 4) is 0 Å². The molecule has 0 saturated heterocycles. The Labute approximate surface area is 103 Å². The Balaban J connectivity index is 2.39. The Bertz CT molecular complexity index is 406. The number of carbonyl (C=O) groups excluding carboxylic acids is 1. The van der Waals surface area contributed by atoms with Crippen LogP contribution < -0.4 is 5.32 Å². The number of methoxy groups -OCH3 is 1. The average molecular weight is 255 g/mol. The summed E-state index contributed by atoms with van der Waals surface area (Å²) in [4.78, 5) is 24.9. The van der Waals surface area contributed by atoms with Crippen LogP contribution in [0.3, 0.4) is 0 Å². The first kappa shape index (κ1) is 14.0. The summed E-state index contributed by atoms with van der Waals surface area (Å²) in [6.07, 6.45) is 1.01. The van der Waals surface area contributed by atoms with Gasteiger partial charge < -0.3 is 9.47 Å². The molecule has 0 amide bonds. The molecule has 1 heterocycles. The number of esters is 1. The summed E-state index contributed by atoms with van der Waals surface area (Å²) >= 11 is 0. The molecule has 18 heavy (non-hydrogen) atoms. The number of hydrogen-bond acceptors (Lipinski definition) is 7. The van der Waals surface area contributed by atoms with Gasteiger partial charge in [0.1, 0.15) is 18.6 Å². The Kier molecular flexibility index (Phi) is 5.68. The number of nitro groups is 1. The van der Waals surface area contributed by atoms with E-state index < -0.39 is 10.9 Å². The van der Waals surface area contributed by atoms with E-state index in [2.05, 4.69) is 10.3 Å². The molecule has 1 rings (SSSR count). The minimum Gasteiger partial charge on any atom is -0.445 e. The highest BCUT2D eigenvalue weighted by molar-refractivity contribution is 5.87. The Morgan fingerprint density at radius 1 is 1.56 bits per heavy atom. The monoisotopic (exact) mass is 255 g/mol. The summed E-state index contributed by atoms with van der Waals surface area (Å²) in [7, 11) is 1.56. The van der Waals surface area contributed by atoms with Crippen molar-refractivity contribution in [1.29, 1.82) is 0 Å². The van der Waals surface area contributed by atoms with Crippen LogP contribution in [0.25, 0.3) is 0 Å². The van der Waals surface area contributed by atoms with Gasteiger partial charge in [-0.2, -0.15) is 0 Å². The lowest BCUT2D eigenvalue weighted by atomic mass is 10.3. The van der Waals surface area contributed by atoms with Gasteiger partial charge in [-0.25, -0.2) is 9.78 Å². The van der Waals surface area contributed by atoms with Crippen LogP contribution in [0.1, 0.15) is 10.5 Å². The fraction of sp³-hybridized carbons (Fsp3) is 0.400. The van der Waals surface area contributed by atoms with Gasteiger partial charge in [-0.3, -0.25) is 15.4 Å². The van der Waals surface area contributed by atoms with Gasteiger partial charge in [0.05, 0.1) is 11.5 Å². The largest absolute Gasteiger partial charge is 0.445 e. The Morgan fingerprint density at radius 3 is 2.89 bits per heavy atom. The van der Waals surface area contributed by atoms with E-state index in [1.807, 2.05) is 0 Å². The molecule has 1 aromatic rings. The van der Waals surface area contributed by atoms with Gasteiger partial charge in [0.2, 0.25) is 0 Å². The second-order valence-electron chi connectivity index (χ2n) is 3.23. The van der Waals surface area contributed by atoms with E-state index in [9.17, 15) is 14.9 Å². The first-order chi connectivity index (χ1) is 8.65. The van der Waals surface area contributed by atoms with Crippen molar-refractivity contribution < 1.29 is 19.2 Å². The van der Waals surface area contributed by atoms with E-state index in [0.29, 0.717) is 13.2 Å². The first-order valence-corrected chi connectivity index (χ1v) is 5.12. The second kappa shape index (κ2) is 7.30. The summed E-state index contributed by atoms with van der Waals surface area (Å²) in [6.45, 7) is 1.09. The quantitative estimate of drug-likeness (QED) is 0.246. The van der Waals surface area contributed by atoms with Crippen LogP contribution in [-0.2, 0) is 9.47 Å². The van der Waals surface area contributed by atoms with Crippen LogP contribution in [-0.4, -0.2) is 42.9 Å². The highest BCUT2D eigenvalue weighted by Crippen LogP contribution is 2.09. The number of nitrogens with one attached hydrogen (secondary N) is 1. The van der Waals surface area contributed by atoms with E-state index in [-0.39, 0.29) is 18.1 Å². The molecule has 98 valence electrons. The van der Waals surface area contributed by atoms with Crippen LogP contribution in [0.15, 0.2) is 18.3 Å². The van der Waals surface area contributed by atoms with Gasteiger partial charge in [-0.15, -0.1) is 0 Å². The van der Waals surface area contributed by atoms with Gasteiger partial charge in [0.25, 0.3) is 5.69 Å². The topological polar surface area (TPSA) is 104 Å². The molecule has 1 aromatic heterocycles. The maximum atomic E-state index is 11.4. The zero-order valence-electron chi connectivity index (χ0n) is 9.79. The van der Waals surface area contributed by atoms with Gasteiger partial charge in [0.15, 0.2) is 0 Å². The van der Waals surface area contributed by atoms with Crippen molar-refractivity contribution in [2.45, 2.75) is 0 Å². The predicted octanol–water partition coefficient (Wildman–Crippen LogP) is 0.340. The molecule has 1 N–H and O–H groups in total. The molecule has 0 radical (unpaired) electrons. The maximum Gasteiger partial charge on any atom is 0.358 e. The van der Waals surface area contributed by atoms with Crippen molar-refractivity contribution in [2.24, 2.45) is 0 Å². The standard InChI is InChI=1S/C10H13N3O5/c1-17-5-4-11-7-18-10(14)9-3-2-8(6-12-9)13(15)16/h2-3,6,11H,4-5,7H2,1H3. The number of aromatic nitrogens is 1. The number of rotatable bonds is 7. The molecule has 0 bridgehead atoms. The zero-order valence-corrected chi connectivity index (χ0v) is 9.79. The minimum absolute atomic E-state index is 0.0224. The number of ether oxygens (including phenoxy) is 2. The summed E-state index contributed by atoms with van der Waals surface area (Å²) < 4.78 is 9.63. The molecule has 0 aliphatic carbocycles. The number of hydrogen-bond donors (Lipinski definition) is 1. The third kappa shape index (κ3) is 4.44. The molecule has 0 spiro atoms. The summed E-state index contributed by atoms with van der Waals surface area (Å²) in [6, 6.07) is 2.44. The van der Waals surface area contributed by atoms with Crippen LogP contribution in [0, 0.1) is 10.1 Å². The van der Waals surface area contributed by atoms with E-state index in [1.54, 1.807) is 7.11 Å². The highest BCUT2D eigenvalue weighted by atomic mass is 16.6. The summed E-state index contributed by atoms with van der Waals surface area (Å²) in [5.74, 6) is -0.644. The smallest absolute Gasteiger partial charge is 0.358 e. The molecule has 8 heteroatoms. The van der Waals surface area contributed by atoms with Gasteiger partial charge in [-0.1, -0.05) is 0 Å². The molecule has 0 unspecified atom stereocenters. The minimum atomic E-state index is -0.644. The molecule has 0 aromatic carbocycles. The SMILES string of the molecule is COCCNCOC(=O)c1ccc([N+](=O)[O-])cn1.